The van der Waals surface area contributed by atoms with Gasteiger partial charge in [0, 0.05) is 12.2 Å². The van der Waals surface area contributed by atoms with E-state index >= 15 is 0 Å². The Hall–Kier alpha value is -1.39. The Morgan fingerprint density at radius 3 is 2.83 bits per heavy atom. The maximum atomic E-state index is 12.1. The van der Waals surface area contributed by atoms with E-state index in [1.165, 1.54) is 11.1 Å². The zero-order valence-electron chi connectivity index (χ0n) is 11.1. The lowest BCUT2D eigenvalue weighted by molar-refractivity contribution is -0.123. The van der Waals surface area contributed by atoms with Crippen LogP contribution in [0.3, 0.4) is 0 Å². The summed E-state index contributed by atoms with van der Waals surface area (Å²) in [6.07, 6.45) is -0.0923. The molecule has 0 radical (unpaired) electrons. The number of ether oxygens (including phenoxy) is 1. The van der Waals surface area contributed by atoms with Crippen LogP contribution in [0.2, 0.25) is 0 Å². The third-order valence-electron chi connectivity index (χ3n) is 3.37. The number of hydrogen-bond donors (Lipinski definition) is 2. The minimum Gasteiger partial charge on any atom is -0.375 e. The second-order valence-electron chi connectivity index (χ2n) is 4.80. The Bertz CT molecular complexity index is 445. The van der Waals surface area contributed by atoms with Gasteiger partial charge in [0.2, 0.25) is 5.91 Å². The second-order valence-corrected chi connectivity index (χ2v) is 4.80. The molecule has 1 aromatic carbocycles. The molecule has 1 aliphatic rings. The molecule has 1 aliphatic heterocycles. The van der Waals surface area contributed by atoms with Crippen LogP contribution in [0.4, 0.5) is 5.69 Å². The number of anilines is 1. The van der Waals surface area contributed by atoms with Crippen molar-refractivity contribution in [3.63, 3.8) is 0 Å². The Balaban J connectivity index is 2.04. The van der Waals surface area contributed by atoms with Crippen LogP contribution >= 0.6 is 0 Å². The lowest BCUT2D eigenvalue weighted by Gasteiger charge is -2.29. The number of morpholine rings is 1. The molecule has 0 bridgehead atoms. The highest BCUT2D eigenvalue weighted by molar-refractivity contribution is 5.95. The van der Waals surface area contributed by atoms with Crippen LogP contribution in [0.25, 0.3) is 0 Å². The molecular weight excluding hydrogens is 228 g/mol. The van der Waals surface area contributed by atoms with Crippen molar-refractivity contribution < 1.29 is 9.53 Å². The number of nitrogens with one attached hydrogen (secondary N) is 2. The molecule has 4 heteroatoms. The van der Waals surface area contributed by atoms with E-state index in [0.29, 0.717) is 6.61 Å². The molecular formula is C14H20N2O2. The summed E-state index contributed by atoms with van der Waals surface area (Å²) in [6.45, 7) is 7.38. The first kappa shape index (κ1) is 13.1. The summed E-state index contributed by atoms with van der Waals surface area (Å²) in [7, 11) is 0. The molecule has 18 heavy (non-hydrogen) atoms. The summed E-state index contributed by atoms with van der Waals surface area (Å²) in [6, 6.07) is 5.65. The number of benzene rings is 1. The van der Waals surface area contributed by atoms with E-state index in [-0.39, 0.29) is 18.1 Å². The van der Waals surface area contributed by atoms with Crippen molar-refractivity contribution in [1.82, 2.24) is 5.32 Å². The Morgan fingerprint density at radius 2 is 2.17 bits per heavy atom. The largest absolute Gasteiger partial charge is 0.375 e. The van der Waals surface area contributed by atoms with Crippen molar-refractivity contribution in [2.75, 3.05) is 18.5 Å². The zero-order valence-corrected chi connectivity index (χ0v) is 11.1. The molecule has 0 unspecified atom stereocenters. The predicted molar refractivity (Wildman–Crippen MR) is 71.8 cm³/mol. The molecule has 1 fully saturated rings. The van der Waals surface area contributed by atoms with Gasteiger partial charge in [0.05, 0.1) is 12.7 Å². The van der Waals surface area contributed by atoms with Crippen LogP contribution in [-0.4, -0.2) is 31.2 Å². The van der Waals surface area contributed by atoms with Gasteiger partial charge in [0.25, 0.3) is 0 Å². The van der Waals surface area contributed by atoms with E-state index in [9.17, 15) is 4.79 Å². The van der Waals surface area contributed by atoms with Crippen molar-refractivity contribution in [3.05, 3.63) is 29.3 Å². The monoisotopic (exact) mass is 248 g/mol. The first-order valence-electron chi connectivity index (χ1n) is 6.31. The van der Waals surface area contributed by atoms with E-state index < -0.39 is 0 Å². The lowest BCUT2D eigenvalue weighted by Crippen LogP contribution is -2.53. The minimum absolute atomic E-state index is 0.0366. The fourth-order valence-corrected chi connectivity index (χ4v) is 2.07. The minimum atomic E-state index is -0.277. The van der Waals surface area contributed by atoms with Gasteiger partial charge < -0.3 is 15.4 Å². The maximum Gasteiger partial charge on any atom is 0.244 e. The number of carbonyl (C=O) groups excluding carboxylic acids is 1. The van der Waals surface area contributed by atoms with E-state index in [2.05, 4.69) is 17.6 Å². The summed E-state index contributed by atoms with van der Waals surface area (Å²) in [5.41, 5.74) is 3.23. The second kappa shape index (κ2) is 5.50. The summed E-state index contributed by atoms with van der Waals surface area (Å²) in [5.74, 6) is -0.0366. The van der Waals surface area contributed by atoms with Crippen LogP contribution in [0.15, 0.2) is 18.2 Å². The third-order valence-corrected chi connectivity index (χ3v) is 3.37. The van der Waals surface area contributed by atoms with Gasteiger partial charge in [-0.3, -0.25) is 4.79 Å². The van der Waals surface area contributed by atoms with Crippen molar-refractivity contribution in [3.8, 4) is 0 Å². The standard InChI is InChI=1S/C14H20N2O2/c1-9-4-5-12(8-10(9)2)16-14(17)13-11(3)18-7-6-15-13/h4-5,8,11,13,15H,6-7H2,1-3H3,(H,16,17)/t11-,13+/m1/s1. The molecule has 0 aliphatic carbocycles. The molecule has 2 atom stereocenters. The number of carbonyl (C=O) groups is 1. The van der Waals surface area contributed by atoms with Crippen LogP contribution < -0.4 is 10.6 Å². The Labute approximate surface area is 108 Å². The summed E-state index contributed by atoms with van der Waals surface area (Å²) < 4.78 is 5.47. The van der Waals surface area contributed by atoms with Crippen LogP contribution in [0.1, 0.15) is 18.1 Å². The van der Waals surface area contributed by atoms with Gasteiger partial charge in [-0.05, 0) is 44.0 Å². The third kappa shape index (κ3) is 2.89. The number of rotatable bonds is 2. The van der Waals surface area contributed by atoms with Crippen LogP contribution in [-0.2, 0) is 9.53 Å². The normalized spacial score (nSPS) is 23.7. The zero-order chi connectivity index (χ0) is 13.1. The van der Waals surface area contributed by atoms with E-state index in [1.807, 2.05) is 32.0 Å². The molecule has 0 saturated carbocycles. The molecule has 0 aromatic heterocycles. The van der Waals surface area contributed by atoms with Gasteiger partial charge in [-0.2, -0.15) is 0 Å². The molecule has 2 N–H and O–H groups in total. The van der Waals surface area contributed by atoms with Crippen molar-refractivity contribution in [1.29, 1.82) is 0 Å². The number of hydrogen-bond acceptors (Lipinski definition) is 3. The van der Waals surface area contributed by atoms with Crippen LogP contribution in [0, 0.1) is 13.8 Å². The highest BCUT2D eigenvalue weighted by atomic mass is 16.5. The Kier molecular flexibility index (Phi) is 3.99. The van der Waals surface area contributed by atoms with Gasteiger partial charge >= 0.3 is 0 Å². The fraction of sp³-hybridized carbons (Fsp3) is 0.500. The molecule has 2 rings (SSSR count). The molecule has 1 heterocycles. The maximum absolute atomic E-state index is 12.1. The number of amides is 1. The SMILES string of the molecule is Cc1ccc(NC(=O)[C@H]2NCCO[C@@H]2C)cc1C. The van der Waals surface area contributed by atoms with Gasteiger partial charge in [0.15, 0.2) is 0 Å². The smallest absolute Gasteiger partial charge is 0.244 e. The van der Waals surface area contributed by atoms with Gasteiger partial charge in [-0.15, -0.1) is 0 Å². The molecule has 98 valence electrons. The highest BCUT2D eigenvalue weighted by Gasteiger charge is 2.28. The summed E-state index contributed by atoms with van der Waals surface area (Å²) >= 11 is 0. The van der Waals surface area contributed by atoms with Crippen LogP contribution in [0.5, 0.6) is 0 Å². The molecule has 1 amide bonds. The quantitative estimate of drug-likeness (QED) is 0.836. The predicted octanol–water partition coefficient (Wildman–Crippen LogP) is 1.62. The first-order chi connectivity index (χ1) is 8.58. The first-order valence-corrected chi connectivity index (χ1v) is 6.31. The van der Waals surface area contributed by atoms with Crippen molar-refractivity contribution in [2.45, 2.75) is 32.9 Å². The molecule has 1 aromatic rings. The molecule has 1 saturated heterocycles. The molecule has 4 nitrogen and oxygen atoms in total. The van der Waals surface area contributed by atoms with E-state index in [0.717, 1.165) is 12.2 Å². The van der Waals surface area contributed by atoms with Crippen molar-refractivity contribution >= 4 is 11.6 Å². The summed E-state index contributed by atoms with van der Waals surface area (Å²) in [5, 5.41) is 6.11. The molecule has 0 spiro atoms. The fourth-order valence-electron chi connectivity index (χ4n) is 2.07. The van der Waals surface area contributed by atoms with Gasteiger partial charge in [0.1, 0.15) is 6.04 Å². The van der Waals surface area contributed by atoms with E-state index in [4.69, 9.17) is 4.74 Å². The van der Waals surface area contributed by atoms with E-state index in [1.54, 1.807) is 0 Å². The lowest BCUT2D eigenvalue weighted by atomic mass is 10.1. The Morgan fingerprint density at radius 1 is 1.39 bits per heavy atom. The van der Waals surface area contributed by atoms with Crippen molar-refractivity contribution in [2.24, 2.45) is 0 Å². The number of aryl methyl sites for hydroxylation is 2. The summed E-state index contributed by atoms with van der Waals surface area (Å²) in [4.78, 5) is 12.1. The van der Waals surface area contributed by atoms with Gasteiger partial charge in [-0.25, -0.2) is 0 Å². The topological polar surface area (TPSA) is 50.4 Å². The average Bonchev–Trinajstić information content (AvgIpc) is 2.34. The average molecular weight is 248 g/mol. The van der Waals surface area contributed by atoms with Gasteiger partial charge in [-0.1, -0.05) is 6.07 Å². The highest BCUT2D eigenvalue weighted by Crippen LogP contribution is 2.15.